The van der Waals surface area contributed by atoms with Gasteiger partial charge in [0.2, 0.25) is 0 Å². The molecule has 0 aromatic rings. The summed E-state index contributed by atoms with van der Waals surface area (Å²) in [7, 11) is -1.95. The van der Waals surface area contributed by atoms with Gasteiger partial charge in [0.25, 0.3) is 0 Å². The van der Waals surface area contributed by atoms with E-state index in [0.29, 0.717) is 0 Å². The van der Waals surface area contributed by atoms with Gasteiger partial charge >= 0.3 is 0 Å². The van der Waals surface area contributed by atoms with Crippen LogP contribution in [0, 0.1) is 11.8 Å². The van der Waals surface area contributed by atoms with Crippen LogP contribution in [0.4, 0.5) is 0 Å². The zero-order chi connectivity index (χ0) is 18.4. The molecule has 3 rings (SSSR count). The van der Waals surface area contributed by atoms with Gasteiger partial charge in [-0.15, -0.1) is 0 Å². The third kappa shape index (κ3) is 3.71. The van der Waals surface area contributed by atoms with Gasteiger partial charge in [0.05, 0.1) is 24.4 Å². The second kappa shape index (κ2) is 6.78. The predicted octanol–water partition coefficient (Wildman–Crippen LogP) is 3.80. The molecule has 0 aromatic carbocycles. The van der Waals surface area contributed by atoms with Crippen LogP contribution in [-0.4, -0.2) is 44.1 Å². The maximum absolute atomic E-state index is 10.6. The molecule has 5 heteroatoms. The lowest BCUT2D eigenvalue weighted by atomic mass is 9.80. The Morgan fingerprint density at radius 2 is 1.60 bits per heavy atom. The average Bonchev–Trinajstić information content (AvgIpc) is 2.68. The van der Waals surface area contributed by atoms with Gasteiger partial charge in [-0.1, -0.05) is 58.1 Å². The molecule has 1 N–H and O–H groups in total. The number of aliphatic hydroxyl groups is 1. The third-order valence-electron chi connectivity index (χ3n) is 6.22. The summed E-state index contributed by atoms with van der Waals surface area (Å²) in [5.41, 5.74) is 0. The van der Waals surface area contributed by atoms with Crippen LogP contribution in [0.25, 0.3) is 0 Å². The summed E-state index contributed by atoms with van der Waals surface area (Å²) in [5.74, 6) is 0.391. The first-order valence-corrected chi connectivity index (χ1v) is 12.2. The first kappa shape index (κ1) is 19.0. The van der Waals surface area contributed by atoms with Crippen LogP contribution in [-0.2, 0) is 13.9 Å². The molecule has 0 aliphatic carbocycles. The van der Waals surface area contributed by atoms with Crippen molar-refractivity contribution in [1.82, 2.24) is 0 Å². The molecule has 25 heavy (non-hydrogen) atoms. The fraction of sp³-hybridized carbons (Fsp3) is 0.700. The van der Waals surface area contributed by atoms with E-state index in [1.165, 1.54) is 0 Å². The summed E-state index contributed by atoms with van der Waals surface area (Å²) in [6.07, 6.45) is 10.6. The van der Waals surface area contributed by atoms with Crippen molar-refractivity contribution in [2.45, 2.75) is 76.5 Å². The van der Waals surface area contributed by atoms with Crippen LogP contribution >= 0.6 is 0 Å². The Balaban J connectivity index is 1.76. The summed E-state index contributed by atoms with van der Waals surface area (Å²) in [6, 6.07) is 0. The summed E-state index contributed by atoms with van der Waals surface area (Å²) in [4.78, 5) is 0. The number of aliphatic hydroxyl groups excluding tert-OH is 1. The Morgan fingerprint density at radius 1 is 0.960 bits per heavy atom. The molecule has 3 aliphatic rings. The molecular weight excluding hydrogens is 332 g/mol. The average molecular weight is 365 g/mol. The highest BCUT2D eigenvalue weighted by atomic mass is 28.4. The van der Waals surface area contributed by atoms with E-state index in [1.807, 2.05) is 24.3 Å². The number of fused-ring (bicyclic) bond motifs is 2. The molecule has 2 bridgehead atoms. The molecule has 0 unspecified atom stereocenters. The van der Waals surface area contributed by atoms with Gasteiger partial charge in [-0.3, -0.25) is 0 Å². The number of rotatable bonds is 3. The van der Waals surface area contributed by atoms with Crippen molar-refractivity contribution in [3.05, 3.63) is 36.5 Å². The largest absolute Gasteiger partial charge is 0.389 e. The quantitative estimate of drug-likeness (QED) is 0.611. The highest BCUT2D eigenvalue weighted by Crippen LogP contribution is 2.42. The standard InChI is InChI=1S/C20H32O4Si/c1-13-15-9-7-8-10-16(22-15)18(13)19-14(21)11-12-17(23-19)24-25(5,6)20(2,3)4/h7-19,21H,1-6H3/t13-,14-,15-,16+,17+,18-,19-/m1/s1. The Kier molecular flexibility index (Phi) is 5.17. The van der Waals surface area contributed by atoms with E-state index in [9.17, 15) is 5.11 Å². The minimum absolute atomic E-state index is 0.0327. The molecule has 4 nitrogen and oxygen atoms in total. The second-order valence-electron chi connectivity index (χ2n) is 8.99. The zero-order valence-corrected chi connectivity index (χ0v) is 17.2. The van der Waals surface area contributed by atoms with Gasteiger partial charge in [-0.2, -0.15) is 0 Å². The lowest BCUT2D eigenvalue weighted by Crippen LogP contribution is -2.50. The topological polar surface area (TPSA) is 47.9 Å². The van der Waals surface area contributed by atoms with Crippen LogP contribution in [0.3, 0.4) is 0 Å². The molecular formula is C20H32O4Si. The Bertz CT molecular complexity index is 575. The molecule has 1 fully saturated rings. The minimum Gasteiger partial charge on any atom is -0.389 e. The van der Waals surface area contributed by atoms with E-state index in [0.717, 1.165) is 0 Å². The van der Waals surface area contributed by atoms with Gasteiger partial charge < -0.3 is 19.0 Å². The highest BCUT2D eigenvalue weighted by Gasteiger charge is 2.49. The fourth-order valence-electron chi connectivity index (χ4n) is 3.59. The van der Waals surface area contributed by atoms with E-state index in [4.69, 9.17) is 13.9 Å². The van der Waals surface area contributed by atoms with Crippen LogP contribution in [0.15, 0.2) is 36.5 Å². The van der Waals surface area contributed by atoms with Crippen molar-refractivity contribution in [3.8, 4) is 0 Å². The summed E-state index contributed by atoms with van der Waals surface area (Å²) in [5, 5.41) is 10.7. The lowest BCUT2D eigenvalue weighted by Gasteiger charge is -2.42. The molecule has 140 valence electrons. The van der Waals surface area contributed by atoms with E-state index in [2.05, 4.69) is 52.9 Å². The van der Waals surface area contributed by atoms with Gasteiger partial charge in [0.15, 0.2) is 14.6 Å². The number of allylic oxidation sites excluding steroid dienone is 2. The van der Waals surface area contributed by atoms with Crippen LogP contribution in [0.5, 0.6) is 0 Å². The molecule has 0 spiro atoms. The van der Waals surface area contributed by atoms with Crippen LogP contribution < -0.4 is 0 Å². The molecule has 0 radical (unpaired) electrons. The Hall–Kier alpha value is -0.723. The van der Waals surface area contributed by atoms with Gasteiger partial charge in [-0.25, -0.2) is 0 Å². The van der Waals surface area contributed by atoms with E-state index in [1.54, 1.807) is 0 Å². The van der Waals surface area contributed by atoms with Crippen molar-refractivity contribution in [3.63, 3.8) is 0 Å². The summed E-state index contributed by atoms with van der Waals surface area (Å²) >= 11 is 0. The normalized spacial score (nSPS) is 41.2. The number of ether oxygens (including phenoxy) is 2. The lowest BCUT2D eigenvalue weighted by molar-refractivity contribution is -0.161. The van der Waals surface area contributed by atoms with E-state index < -0.39 is 20.7 Å². The monoisotopic (exact) mass is 364 g/mol. The number of hydrogen-bond donors (Lipinski definition) is 1. The molecule has 0 aromatic heterocycles. The van der Waals surface area contributed by atoms with Crippen molar-refractivity contribution in [1.29, 1.82) is 0 Å². The Morgan fingerprint density at radius 3 is 2.24 bits per heavy atom. The second-order valence-corrected chi connectivity index (χ2v) is 13.8. The van der Waals surface area contributed by atoms with Crippen LogP contribution in [0.2, 0.25) is 18.1 Å². The number of hydrogen-bond acceptors (Lipinski definition) is 4. The highest BCUT2D eigenvalue weighted by molar-refractivity contribution is 6.74. The summed E-state index contributed by atoms with van der Waals surface area (Å²) in [6.45, 7) is 13.3. The third-order valence-corrected chi connectivity index (χ3v) is 10.7. The first-order valence-electron chi connectivity index (χ1n) is 9.30. The van der Waals surface area contributed by atoms with E-state index in [-0.39, 0.29) is 35.2 Å². The Labute approximate surface area is 152 Å². The van der Waals surface area contributed by atoms with E-state index >= 15 is 0 Å². The molecule has 0 amide bonds. The van der Waals surface area contributed by atoms with Crippen molar-refractivity contribution in [2.75, 3.05) is 0 Å². The fourth-order valence-corrected chi connectivity index (χ4v) is 4.66. The zero-order valence-electron chi connectivity index (χ0n) is 16.2. The van der Waals surface area contributed by atoms with Crippen LogP contribution in [0.1, 0.15) is 27.7 Å². The predicted molar refractivity (Wildman–Crippen MR) is 102 cm³/mol. The first-order chi connectivity index (χ1) is 11.6. The molecule has 7 atom stereocenters. The van der Waals surface area contributed by atoms with Crippen molar-refractivity contribution >= 4 is 8.32 Å². The SMILES string of the molecule is C[C@H]1[C@@H]([C@@H]2O[C@@H](O[Si](C)(C)C(C)(C)C)C=C[C@H]2O)[C@@H]2C=CC=C[C@H]1O2. The molecule has 0 saturated carbocycles. The van der Waals surface area contributed by atoms with Crippen molar-refractivity contribution in [2.24, 2.45) is 11.8 Å². The van der Waals surface area contributed by atoms with Crippen molar-refractivity contribution < 1.29 is 19.0 Å². The maximum Gasteiger partial charge on any atom is 0.195 e. The summed E-state index contributed by atoms with van der Waals surface area (Å²) < 4.78 is 18.8. The molecule has 1 saturated heterocycles. The van der Waals surface area contributed by atoms with Gasteiger partial charge in [0, 0.05) is 5.92 Å². The molecule has 3 heterocycles. The maximum atomic E-state index is 10.6. The minimum atomic E-state index is -1.95. The smallest absolute Gasteiger partial charge is 0.195 e. The van der Waals surface area contributed by atoms with Gasteiger partial charge in [0.1, 0.15) is 0 Å². The molecule has 3 aliphatic heterocycles. The van der Waals surface area contributed by atoms with Gasteiger partial charge in [-0.05, 0) is 30.1 Å².